The van der Waals surface area contributed by atoms with Crippen LogP contribution in [0.2, 0.25) is 0 Å². The van der Waals surface area contributed by atoms with Crippen LogP contribution in [0.15, 0.2) is 97.1 Å². The standard InChI is InChI=1S/C16H24F2O2.3C15H22F2O2.C14H20F2O2.2C13H18F2O2.C12H16F2O2/c1-4-5-10-19-13-8-9-14(16(18)15(13)17)20-11-6-7-12(2)3;1-5-6-9-18-11-7-8-12(14(17)13(11)16)19-10-15(2,3)4;1-4-18-12-8-9-13(15(17)14(12)16)19-10-6-5-7-11(2)3;1-4-9-18-12-6-7-13(15(17)14(12)16)19-10-8-11(3)5-2;1-5-17-10-6-7-11(13(16)12(10)15)18-9-8-14(2,3)4;1-4-16-10-5-6-11(13(15)12(10)14)17-8-7-9(2)3;1-4-5-8-16-10-6-7-11(17-9(2)3)13(15)12(10)14;1-4-15-9-5-6-10(12(14)11(9)13)16-7-8(2)3/h8-9,12H,4-7,10-11H2,1-3H3;7-8H,5-6,9-10H2,1-4H3;8-9,11H,4-7,10H2,1-3H3;6-7,11H,4-5,8-10H2,1-3H3;6-7H,5,8-9H2,1-4H3;5-6,9H,4,7-8H2,1-3H3;6-7,9H,4-5,8H2,1-3H3;5-6,8H,4,7H2,1-3H3. The predicted octanol–water partition coefficient (Wildman–Crippen LogP) is 34.0. The number of benzene rings is 8. The second kappa shape index (κ2) is 73.5. The fraction of sp³-hybridized carbons (Fsp3) is 0.575. The summed E-state index contributed by atoms with van der Waals surface area (Å²) in [5.74, 6) is -14.4. The summed E-state index contributed by atoms with van der Waals surface area (Å²) >= 11 is 0. The number of ether oxygens (including phenoxy) is 16. The number of unbranched alkanes of at least 4 members (excludes halogenated alkanes) is 4. The smallest absolute Gasteiger partial charge is 0.204 e. The van der Waals surface area contributed by atoms with Gasteiger partial charge < -0.3 is 75.8 Å². The number of hydrogen-bond donors (Lipinski definition) is 0. The van der Waals surface area contributed by atoms with Gasteiger partial charge in [-0.3, -0.25) is 0 Å². The Morgan fingerprint density at radius 2 is 0.434 bits per heavy atom. The van der Waals surface area contributed by atoms with Crippen molar-refractivity contribution in [1.82, 2.24) is 0 Å². The van der Waals surface area contributed by atoms with E-state index in [4.69, 9.17) is 75.8 Å². The van der Waals surface area contributed by atoms with Crippen molar-refractivity contribution in [2.45, 2.75) is 289 Å². The van der Waals surface area contributed by atoms with Crippen LogP contribution in [0.25, 0.3) is 0 Å². The molecule has 0 bridgehead atoms. The van der Waals surface area contributed by atoms with E-state index in [1.165, 1.54) is 97.1 Å². The zero-order valence-electron chi connectivity index (χ0n) is 90.2. The number of halogens is 16. The molecule has 0 aromatic heterocycles. The van der Waals surface area contributed by atoms with E-state index >= 15 is 0 Å². The van der Waals surface area contributed by atoms with E-state index in [9.17, 15) is 70.2 Å². The maximum absolute atomic E-state index is 13.8. The van der Waals surface area contributed by atoms with Crippen molar-refractivity contribution in [2.24, 2.45) is 40.4 Å². The van der Waals surface area contributed by atoms with Gasteiger partial charge in [-0.05, 0) is 250 Å². The molecule has 32 heteroatoms. The Labute approximate surface area is 852 Å². The van der Waals surface area contributed by atoms with Crippen molar-refractivity contribution in [2.75, 3.05) is 99.1 Å². The average Bonchev–Trinajstić information content (AvgIpc) is 0.886. The van der Waals surface area contributed by atoms with Crippen LogP contribution in [0.5, 0.6) is 92.0 Å². The maximum Gasteiger partial charge on any atom is 0.204 e. The van der Waals surface area contributed by atoms with E-state index in [0.717, 1.165) is 103 Å². The highest BCUT2D eigenvalue weighted by Crippen LogP contribution is 2.37. The summed E-state index contributed by atoms with van der Waals surface area (Å²) in [5.41, 5.74) is -0.0144. The Hall–Kier alpha value is -10.6. The first-order chi connectivity index (χ1) is 68.6. The van der Waals surface area contributed by atoms with Crippen LogP contribution in [-0.2, 0) is 0 Å². The van der Waals surface area contributed by atoms with E-state index in [2.05, 4.69) is 62.3 Å². The molecule has 0 heterocycles. The molecule has 0 saturated carbocycles. The third-order valence-corrected chi connectivity index (χ3v) is 19.9. The lowest BCUT2D eigenvalue weighted by Gasteiger charge is -2.19. The first-order valence-corrected chi connectivity index (χ1v) is 50.5. The molecule has 0 radical (unpaired) electrons. The van der Waals surface area contributed by atoms with Gasteiger partial charge in [0.05, 0.1) is 105 Å². The zero-order chi connectivity index (χ0) is 109. The Morgan fingerprint density at radius 1 is 0.207 bits per heavy atom. The second-order valence-electron chi connectivity index (χ2n) is 37.9. The lowest BCUT2D eigenvalue weighted by molar-refractivity contribution is 0.188. The van der Waals surface area contributed by atoms with Crippen molar-refractivity contribution in [1.29, 1.82) is 0 Å². The summed E-state index contributed by atoms with van der Waals surface area (Å²) in [4.78, 5) is 0. The van der Waals surface area contributed by atoms with Crippen molar-refractivity contribution in [3.05, 3.63) is 190 Å². The minimum Gasteiger partial charge on any atom is -0.491 e. The number of rotatable bonds is 53. The van der Waals surface area contributed by atoms with Crippen LogP contribution < -0.4 is 75.8 Å². The average molecular weight is 2080 g/mol. The first kappa shape index (κ1) is 132. The Morgan fingerprint density at radius 3 is 0.683 bits per heavy atom. The molecule has 0 fully saturated rings. The minimum atomic E-state index is -0.997. The highest BCUT2D eigenvalue weighted by Gasteiger charge is 2.26. The van der Waals surface area contributed by atoms with Gasteiger partial charge in [0.2, 0.25) is 93.1 Å². The normalized spacial score (nSPS) is 11.1. The molecule has 8 rings (SSSR count). The minimum absolute atomic E-state index is 0.0471. The monoisotopic (exact) mass is 2080 g/mol. The fourth-order valence-electron chi connectivity index (χ4n) is 11.4. The van der Waals surface area contributed by atoms with Gasteiger partial charge in [0, 0.05) is 0 Å². The third-order valence-electron chi connectivity index (χ3n) is 19.9. The predicted molar refractivity (Wildman–Crippen MR) is 541 cm³/mol. The second-order valence-corrected chi connectivity index (χ2v) is 37.9. The van der Waals surface area contributed by atoms with E-state index in [-0.39, 0.29) is 115 Å². The molecule has 0 aliphatic rings. The van der Waals surface area contributed by atoms with Crippen molar-refractivity contribution in [3.8, 4) is 92.0 Å². The molecular formula is C113H162F16O16. The van der Waals surface area contributed by atoms with E-state index in [0.29, 0.717) is 123 Å². The van der Waals surface area contributed by atoms with Crippen LogP contribution in [0.4, 0.5) is 70.2 Å². The Balaban J connectivity index is 0.000000829. The molecule has 1 unspecified atom stereocenters. The van der Waals surface area contributed by atoms with Gasteiger partial charge in [0.15, 0.2) is 92.0 Å². The maximum atomic E-state index is 13.8. The van der Waals surface area contributed by atoms with Crippen molar-refractivity contribution < 1.29 is 146 Å². The fourth-order valence-corrected chi connectivity index (χ4v) is 11.4. The van der Waals surface area contributed by atoms with Crippen LogP contribution in [0, 0.1) is 133 Å². The van der Waals surface area contributed by atoms with E-state index in [1.807, 2.05) is 76.2 Å². The molecule has 0 aliphatic heterocycles. The molecule has 16 nitrogen and oxygen atoms in total. The van der Waals surface area contributed by atoms with Gasteiger partial charge in [-0.2, -0.15) is 70.2 Å². The van der Waals surface area contributed by atoms with Gasteiger partial charge in [-0.25, -0.2) is 0 Å². The lowest BCUT2D eigenvalue weighted by Crippen LogP contribution is -2.17. The zero-order valence-corrected chi connectivity index (χ0v) is 90.2. The summed E-state index contributed by atoms with van der Waals surface area (Å²) in [6, 6.07) is 22.4. The molecule has 8 aromatic carbocycles. The van der Waals surface area contributed by atoms with Crippen molar-refractivity contribution >= 4 is 0 Å². The molecule has 1 atom stereocenters. The molecule has 0 saturated heterocycles. The quantitative estimate of drug-likeness (QED) is 0.0263. The summed E-state index contributed by atoms with van der Waals surface area (Å²) in [6.45, 7) is 56.3. The van der Waals surface area contributed by atoms with Gasteiger partial charge in [0.1, 0.15) is 0 Å². The lowest BCUT2D eigenvalue weighted by atomic mass is 9.93. The van der Waals surface area contributed by atoms with Gasteiger partial charge in [-0.15, -0.1) is 0 Å². The highest BCUT2D eigenvalue weighted by atomic mass is 19.2. The molecule has 145 heavy (non-hydrogen) atoms. The first-order valence-electron chi connectivity index (χ1n) is 50.5. The number of hydrogen-bond acceptors (Lipinski definition) is 16. The SMILES string of the molecule is CCCCOc1ccc(OC(C)C)c(F)c1F.CCCCOc1ccc(OCC(C)(C)C)c(F)c1F.CCCCOc1ccc(OCCCC(C)C)c(F)c1F.CCCOc1ccc(OCCC(C)CC)c(F)c1F.CCOc1ccc(OCC(C)C)c(F)c1F.CCOc1ccc(OCCC(C)(C)C)c(F)c1F.CCOc1ccc(OCCC(C)C)c(F)c1F.CCOc1ccc(OCCCCC(C)C)c(F)c1F. The molecule has 822 valence electrons. The molecule has 0 aliphatic carbocycles. The highest BCUT2D eigenvalue weighted by molar-refractivity contribution is 5.41. The summed E-state index contributed by atoms with van der Waals surface area (Å²) in [5, 5.41) is 0. The summed E-state index contributed by atoms with van der Waals surface area (Å²) in [7, 11) is 0. The molecule has 8 aromatic rings. The summed E-state index contributed by atoms with van der Waals surface area (Å²) < 4.78 is 300. The van der Waals surface area contributed by atoms with Gasteiger partial charge in [-0.1, -0.05) is 171 Å². The Bertz CT molecular complexity index is 4870. The molecule has 0 N–H and O–H groups in total. The van der Waals surface area contributed by atoms with Crippen LogP contribution >= 0.6 is 0 Å². The van der Waals surface area contributed by atoms with Crippen LogP contribution in [0.3, 0.4) is 0 Å². The molecule has 0 amide bonds. The van der Waals surface area contributed by atoms with Gasteiger partial charge >= 0.3 is 0 Å². The van der Waals surface area contributed by atoms with E-state index in [1.54, 1.807) is 41.5 Å². The van der Waals surface area contributed by atoms with Crippen molar-refractivity contribution in [3.63, 3.8) is 0 Å². The topological polar surface area (TPSA) is 148 Å². The third kappa shape index (κ3) is 53.6. The largest absolute Gasteiger partial charge is 0.491 e. The van der Waals surface area contributed by atoms with Crippen LogP contribution in [0.1, 0.15) is 283 Å². The molecular weight excluding hydrogens is 1920 g/mol. The molecule has 0 spiro atoms. The summed E-state index contributed by atoms with van der Waals surface area (Å²) in [6.07, 6.45) is 14.1. The van der Waals surface area contributed by atoms with Crippen LogP contribution in [-0.4, -0.2) is 105 Å². The van der Waals surface area contributed by atoms with Gasteiger partial charge in [0.25, 0.3) is 0 Å². The Kier molecular flexibility index (Phi) is 67.1. The van der Waals surface area contributed by atoms with E-state index < -0.39 is 93.1 Å².